The molecule has 2 aliphatic heterocycles. The first-order chi connectivity index (χ1) is 16.4. The number of amides is 3. The first kappa shape index (κ1) is 21.1. The summed E-state index contributed by atoms with van der Waals surface area (Å²) in [6.07, 6.45) is 12.6. The number of hydrogen-bond donors (Lipinski definition) is 3. The first-order valence-electron chi connectivity index (χ1n) is 11.8. The molecule has 3 amide bonds. The summed E-state index contributed by atoms with van der Waals surface area (Å²) in [5, 5.41) is 15.9. The van der Waals surface area contributed by atoms with Gasteiger partial charge in [0.2, 0.25) is 5.82 Å². The highest BCUT2D eigenvalue weighted by atomic mass is 16.3. The Labute approximate surface area is 196 Å². The van der Waals surface area contributed by atoms with Gasteiger partial charge in [0.15, 0.2) is 17.0 Å². The Hall–Kier alpha value is -3.47. The molecule has 11 heteroatoms. The molecule has 2 saturated heterocycles. The second kappa shape index (κ2) is 7.79. The van der Waals surface area contributed by atoms with Crippen molar-refractivity contribution in [1.29, 1.82) is 0 Å². The Kier molecular flexibility index (Phi) is 4.83. The summed E-state index contributed by atoms with van der Waals surface area (Å²) in [6.45, 7) is 1.67. The Bertz CT molecular complexity index is 1210. The molecule has 6 rings (SSSR count). The lowest BCUT2D eigenvalue weighted by molar-refractivity contribution is 0.0883. The highest BCUT2D eigenvalue weighted by molar-refractivity contribution is 5.96. The number of urea groups is 1. The fourth-order valence-electron chi connectivity index (χ4n) is 5.18. The molecule has 2 aromatic rings. The molecule has 2 unspecified atom stereocenters. The molecule has 0 aromatic carbocycles. The largest absolute Gasteiger partial charge is 0.388 e. The minimum Gasteiger partial charge on any atom is -0.388 e. The van der Waals surface area contributed by atoms with E-state index in [0.717, 1.165) is 25.9 Å². The van der Waals surface area contributed by atoms with E-state index in [1.807, 2.05) is 23.1 Å². The van der Waals surface area contributed by atoms with Crippen LogP contribution in [0, 0.1) is 0 Å². The SMILES string of the molecule is Cn1c(C(=O)NCC2(O)CC2)nc2c(N3CCC(N4C(=O)NC5C=CC=CC54)CC3)ncnc21. The topological polar surface area (TPSA) is 129 Å². The maximum Gasteiger partial charge on any atom is 0.318 e. The molecule has 34 heavy (non-hydrogen) atoms. The van der Waals surface area contributed by atoms with Gasteiger partial charge in [-0.1, -0.05) is 24.3 Å². The van der Waals surface area contributed by atoms with Gasteiger partial charge >= 0.3 is 6.03 Å². The third kappa shape index (κ3) is 3.51. The van der Waals surface area contributed by atoms with Crippen molar-refractivity contribution in [2.45, 2.75) is 49.4 Å². The minimum atomic E-state index is -0.772. The number of allylic oxidation sites excluding steroid dienone is 2. The van der Waals surface area contributed by atoms with Gasteiger partial charge in [-0.3, -0.25) is 4.79 Å². The van der Waals surface area contributed by atoms with E-state index in [2.05, 4.69) is 36.6 Å². The monoisotopic (exact) mass is 464 g/mol. The van der Waals surface area contributed by atoms with Crippen molar-refractivity contribution in [3.8, 4) is 0 Å². The summed E-state index contributed by atoms with van der Waals surface area (Å²) in [5.41, 5.74) is 0.396. The number of aryl methyl sites for hydroxylation is 1. The number of rotatable bonds is 5. The number of imidazole rings is 1. The highest BCUT2D eigenvalue weighted by Crippen LogP contribution is 2.34. The number of carbonyl (C=O) groups excluding carboxylic acids is 2. The zero-order valence-electron chi connectivity index (χ0n) is 19.0. The third-order valence-corrected chi connectivity index (χ3v) is 7.35. The number of nitrogens with one attached hydrogen (secondary N) is 2. The molecule has 2 aromatic heterocycles. The molecular formula is C23H28N8O3. The molecule has 0 spiro atoms. The van der Waals surface area contributed by atoms with Gasteiger partial charge < -0.3 is 30.1 Å². The summed E-state index contributed by atoms with van der Waals surface area (Å²) in [5.74, 6) is 0.602. The Balaban J connectivity index is 1.19. The predicted octanol–water partition coefficient (Wildman–Crippen LogP) is 0.475. The molecule has 4 aliphatic rings. The van der Waals surface area contributed by atoms with Crippen molar-refractivity contribution in [2.24, 2.45) is 7.05 Å². The van der Waals surface area contributed by atoms with Crippen LogP contribution in [0.2, 0.25) is 0 Å². The normalized spacial score (nSPS) is 25.5. The first-order valence-corrected chi connectivity index (χ1v) is 11.8. The van der Waals surface area contributed by atoms with Crippen LogP contribution in [0.25, 0.3) is 11.2 Å². The van der Waals surface area contributed by atoms with E-state index in [9.17, 15) is 14.7 Å². The van der Waals surface area contributed by atoms with Crippen molar-refractivity contribution in [3.63, 3.8) is 0 Å². The second-order valence-corrected chi connectivity index (χ2v) is 9.63. The van der Waals surface area contributed by atoms with Gasteiger partial charge in [-0.05, 0) is 25.7 Å². The van der Waals surface area contributed by atoms with Gasteiger partial charge in [0.05, 0.1) is 17.7 Å². The molecule has 3 fully saturated rings. The fourth-order valence-corrected chi connectivity index (χ4v) is 5.18. The van der Waals surface area contributed by atoms with Gasteiger partial charge in [-0.25, -0.2) is 19.7 Å². The molecule has 1 saturated carbocycles. The van der Waals surface area contributed by atoms with Crippen LogP contribution >= 0.6 is 0 Å². The van der Waals surface area contributed by atoms with Crippen LogP contribution in [0.5, 0.6) is 0 Å². The smallest absolute Gasteiger partial charge is 0.318 e. The Morgan fingerprint density at radius 2 is 2.00 bits per heavy atom. The number of piperidine rings is 1. The second-order valence-electron chi connectivity index (χ2n) is 9.63. The van der Waals surface area contributed by atoms with Crippen LogP contribution in [0.15, 0.2) is 30.6 Å². The highest BCUT2D eigenvalue weighted by Gasteiger charge is 2.42. The summed E-state index contributed by atoms with van der Waals surface area (Å²) in [7, 11) is 1.76. The molecule has 2 atom stereocenters. The van der Waals surface area contributed by atoms with Crippen LogP contribution in [0.4, 0.5) is 10.6 Å². The quantitative estimate of drug-likeness (QED) is 0.587. The van der Waals surface area contributed by atoms with Crippen molar-refractivity contribution >= 4 is 28.9 Å². The van der Waals surface area contributed by atoms with Gasteiger partial charge in [0.25, 0.3) is 5.91 Å². The number of carbonyl (C=O) groups is 2. The van der Waals surface area contributed by atoms with Crippen LogP contribution in [0.1, 0.15) is 36.3 Å². The van der Waals surface area contributed by atoms with Crippen LogP contribution < -0.4 is 15.5 Å². The van der Waals surface area contributed by atoms with E-state index >= 15 is 0 Å². The maximum absolute atomic E-state index is 12.7. The predicted molar refractivity (Wildman–Crippen MR) is 124 cm³/mol. The number of anilines is 1. The molecule has 11 nitrogen and oxygen atoms in total. The van der Waals surface area contributed by atoms with Gasteiger partial charge in [0, 0.05) is 32.7 Å². The Morgan fingerprint density at radius 1 is 1.24 bits per heavy atom. The lowest BCUT2D eigenvalue weighted by atomic mass is 9.98. The van der Waals surface area contributed by atoms with Crippen LogP contribution in [-0.4, -0.2) is 84.8 Å². The van der Waals surface area contributed by atoms with Crippen molar-refractivity contribution < 1.29 is 14.7 Å². The van der Waals surface area contributed by atoms with Crippen LogP contribution in [0.3, 0.4) is 0 Å². The molecular weight excluding hydrogens is 436 g/mol. The molecule has 0 bridgehead atoms. The van der Waals surface area contributed by atoms with Crippen molar-refractivity contribution in [2.75, 3.05) is 24.5 Å². The lowest BCUT2D eigenvalue weighted by Gasteiger charge is -2.39. The number of nitrogens with zero attached hydrogens (tertiary/aromatic N) is 6. The van der Waals surface area contributed by atoms with E-state index in [0.29, 0.717) is 29.8 Å². The lowest BCUT2D eigenvalue weighted by Crippen LogP contribution is -2.49. The van der Waals surface area contributed by atoms with Crippen molar-refractivity contribution in [1.82, 2.24) is 35.1 Å². The van der Waals surface area contributed by atoms with E-state index in [-0.39, 0.29) is 42.4 Å². The molecule has 178 valence electrons. The number of fused-ring (bicyclic) bond motifs is 2. The van der Waals surface area contributed by atoms with Crippen LogP contribution in [-0.2, 0) is 7.05 Å². The maximum atomic E-state index is 12.7. The number of hydrogen-bond acceptors (Lipinski definition) is 7. The Morgan fingerprint density at radius 3 is 2.76 bits per heavy atom. The standard InChI is InChI=1S/C23H28N8O3/c1-29-18-17(28-20(29)21(32)24-12-23(34)8-9-23)19(26-13-25-18)30-10-6-14(7-11-30)31-16-5-3-2-4-15(16)27-22(31)33/h2-5,13-16,34H,6-12H2,1H3,(H,24,32)(H,27,33). The van der Waals surface area contributed by atoms with E-state index in [4.69, 9.17) is 0 Å². The van der Waals surface area contributed by atoms with E-state index in [1.165, 1.54) is 6.33 Å². The zero-order chi connectivity index (χ0) is 23.4. The third-order valence-electron chi connectivity index (χ3n) is 7.35. The number of aromatic nitrogens is 4. The summed E-state index contributed by atoms with van der Waals surface area (Å²) in [4.78, 5) is 42.9. The van der Waals surface area contributed by atoms with Gasteiger partial charge in [-0.15, -0.1) is 0 Å². The summed E-state index contributed by atoms with van der Waals surface area (Å²) in [6, 6.07) is 0.240. The van der Waals surface area contributed by atoms with Crippen molar-refractivity contribution in [3.05, 3.63) is 36.5 Å². The average molecular weight is 465 g/mol. The molecule has 3 N–H and O–H groups in total. The summed E-state index contributed by atoms with van der Waals surface area (Å²) >= 11 is 0. The van der Waals surface area contributed by atoms with Gasteiger partial charge in [0.1, 0.15) is 6.33 Å². The van der Waals surface area contributed by atoms with E-state index < -0.39 is 5.60 Å². The van der Waals surface area contributed by atoms with E-state index in [1.54, 1.807) is 11.6 Å². The fraction of sp³-hybridized carbons (Fsp3) is 0.522. The molecule has 2 aliphatic carbocycles. The summed E-state index contributed by atoms with van der Waals surface area (Å²) < 4.78 is 1.66. The molecule has 0 radical (unpaired) electrons. The van der Waals surface area contributed by atoms with Gasteiger partial charge in [-0.2, -0.15) is 0 Å². The number of aliphatic hydroxyl groups is 1. The molecule has 4 heterocycles. The average Bonchev–Trinajstić information content (AvgIpc) is 3.35. The minimum absolute atomic E-state index is 0.00897. The zero-order valence-corrected chi connectivity index (χ0v) is 19.0.